The summed E-state index contributed by atoms with van der Waals surface area (Å²) in [4.78, 5) is 12.0. The molecule has 0 atom stereocenters. The van der Waals surface area contributed by atoms with Gasteiger partial charge in [-0.3, -0.25) is 4.79 Å². The van der Waals surface area contributed by atoms with Gasteiger partial charge in [-0.15, -0.1) is 0 Å². The molecule has 3 rings (SSSR count). The van der Waals surface area contributed by atoms with Gasteiger partial charge in [0.25, 0.3) is 5.91 Å². The Hall–Kier alpha value is -2.42. The van der Waals surface area contributed by atoms with Crippen LogP contribution in [0, 0.1) is 5.82 Å². The number of hydrogen-bond acceptors (Lipinski definition) is 1. The van der Waals surface area contributed by atoms with Crippen LogP contribution in [0.4, 0.5) is 10.1 Å². The maximum absolute atomic E-state index is 13.4. The van der Waals surface area contributed by atoms with E-state index in [1.165, 1.54) is 17.7 Å². The molecule has 0 spiro atoms. The zero-order valence-electron chi connectivity index (χ0n) is 12.0. The molecule has 2 nitrogen and oxygen atoms in total. The fourth-order valence-corrected chi connectivity index (χ4v) is 2.45. The molecular weight excluding hydrogens is 265 g/mol. The molecule has 2 aromatic carbocycles. The topological polar surface area (TPSA) is 29.1 Å². The van der Waals surface area contributed by atoms with Gasteiger partial charge < -0.3 is 5.32 Å². The number of rotatable bonds is 2. The highest BCUT2D eigenvalue weighted by Gasteiger charge is 2.24. The van der Waals surface area contributed by atoms with E-state index < -0.39 is 0 Å². The van der Waals surface area contributed by atoms with Gasteiger partial charge >= 0.3 is 0 Å². The summed E-state index contributed by atoms with van der Waals surface area (Å²) in [6, 6.07) is 12.4. The molecule has 0 aliphatic carbocycles. The van der Waals surface area contributed by atoms with E-state index in [0.717, 1.165) is 5.56 Å². The standard InChI is InChI=1S/C18H16FNO/c1-11(2)13-5-3-12(4-6-13)9-16-15-10-14(19)7-8-17(15)20-18(16)21/h3-11H,1-2H3,(H,20,21). The molecule has 0 bridgehead atoms. The first kappa shape index (κ1) is 13.6. The lowest BCUT2D eigenvalue weighted by Crippen LogP contribution is -2.03. The Morgan fingerprint density at radius 3 is 2.48 bits per heavy atom. The number of carbonyl (C=O) groups is 1. The summed E-state index contributed by atoms with van der Waals surface area (Å²) in [6.07, 6.45) is 1.80. The minimum atomic E-state index is -0.341. The molecule has 21 heavy (non-hydrogen) atoms. The highest BCUT2D eigenvalue weighted by molar-refractivity contribution is 6.34. The summed E-state index contributed by atoms with van der Waals surface area (Å²) < 4.78 is 13.4. The van der Waals surface area contributed by atoms with Crippen molar-refractivity contribution in [3.8, 4) is 0 Å². The van der Waals surface area contributed by atoms with E-state index in [1.807, 2.05) is 12.1 Å². The molecule has 0 fully saturated rings. The van der Waals surface area contributed by atoms with E-state index in [-0.39, 0.29) is 11.7 Å². The van der Waals surface area contributed by atoms with Gasteiger partial charge in [-0.25, -0.2) is 4.39 Å². The predicted molar refractivity (Wildman–Crippen MR) is 83.4 cm³/mol. The molecule has 1 heterocycles. The smallest absolute Gasteiger partial charge is 0.256 e. The monoisotopic (exact) mass is 281 g/mol. The van der Waals surface area contributed by atoms with Crippen LogP contribution in [0.3, 0.4) is 0 Å². The van der Waals surface area contributed by atoms with Crippen molar-refractivity contribution >= 4 is 23.2 Å². The Morgan fingerprint density at radius 1 is 1.10 bits per heavy atom. The van der Waals surface area contributed by atoms with Crippen molar-refractivity contribution in [2.24, 2.45) is 0 Å². The van der Waals surface area contributed by atoms with Crippen molar-refractivity contribution in [1.82, 2.24) is 0 Å². The largest absolute Gasteiger partial charge is 0.321 e. The van der Waals surface area contributed by atoms with Crippen LogP contribution in [0.2, 0.25) is 0 Å². The van der Waals surface area contributed by atoms with Crippen molar-refractivity contribution in [3.63, 3.8) is 0 Å². The van der Waals surface area contributed by atoms with Gasteiger partial charge in [0.05, 0.1) is 0 Å². The molecule has 3 heteroatoms. The van der Waals surface area contributed by atoms with Gasteiger partial charge in [-0.05, 0) is 41.3 Å². The molecule has 0 aromatic heterocycles. The third kappa shape index (κ3) is 2.59. The molecule has 0 saturated carbocycles. The first-order valence-corrected chi connectivity index (χ1v) is 6.97. The summed E-state index contributed by atoms with van der Waals surface area (Å²) >= 11 is 0. The lowest BCUT2D eigenvalue weighted by molar-refractivity contribution is -0.110. The molecular formula is C18H16FNO. The van der Waals surface area contributed by atoms with Crippen molar-refractivity contribution in [2.75, 3.05) is 5.32 Å². The maximum Gasteiger partial charge on any atom is 0.256 e. The summed E-state index contributed by atoms with van der Waals surface area (Å²) in [5, 5.41) is 2.75. The first-order chi connectivity index (χ1) is 10.0. The maximum atomic E-state index is 13.4. The average Bonchev–Trinajstić information content (AvgIpc) is 2.76. The molecule has 2 aromatic rings. The summed E-state index contributed by atoms with van der Waals surface area (Å²) in [7, 11) is 0. The Bertz CT molecular complexity index is 729. The van der Waals surface area contributed by atoms with Gasteiger partial charge in [-0.1, -0.05) is 38.1 Å². The van der Waals surface area contributed by atoms with Crippen LogP contribution < -0.4 is 5.32 Å². The van der Waals surface area contributed by atoms with Crippen LogP contribution in [0.25, 0.3) is 11.6 Å². The van der Waals surface area contributed by atoms with E-state index in [4.69, 9.17) is 0 Å². The highest BCUT2D eigenvalue weighted by atomic mass is 19.1. The molecule has 0 unspecified atom stereocenters. The minimum absolute atomic E-state index is 0.191. The highest BCUT2D eigenvalue weighted by Crippen LogP contribution is 2.33. The first-order valence-electron chi connectivity index (χ1n) is 6.97. The van der Waals surface area contributed by atoms with Crippen molar-refractivity contribution in [1.29, 1.82) is 0 Å². The van der Waals surface area contributed by atoms with Gasteiger partial charge in [0.2, 0.25) is 0 Å². The normalized spacial score (nSPS) is 15.4. The van der Waals surface area contributed by atoms with Crippen LogP contribution in [0.5, 0.6) is 0 Å². The van der Waals surface area contributed by atoms with Crippen LogP contribution >= 0.6 is 0 Å². The van der Waals surface area contributed by atoms with Gasteiger partial charge in [0.1, 0.15) is 5.82 Å². The number of fused-ring (bicyclic) bond motifs is 1. The Morgan fingerprint density at radius 2 is 1.81 bits per heavy atom. The SMILES string of the molecule is CC(C)c1ccc(C=C2C(=O)Nc3ccc(F)cc32)cc1. The number of amides is 1. The van der Waals surface area contributed by atoms with E-state index in [9.17, 15) is 9.18 Å². The molecule has 0 radical (unpaired) electrons. The second kappa shape index (κ2) is 5.17. The Balaban J connectivity index is 2.00. The van der Waals surface area contributed by atoms with Crippen LogP contribution in [-0.2, 0) is 4.79 Å². The minimum Gasteiger partial charge on any atom is -0.321 e. The summed E-state index contributed by atoms with van der Waals surface area (Å²) in [5.41, 5.74) is 3.96. The Labute approximate surface area is 123 Å². The zero-order chi connectivity index (χ0) is 15.0. The van der Waals surface area contributed by atoms with Gasteiger partial charge in [-0.2, -0.15) is 0 Å². The molecule has 0 saturated heterocycles. The van der Waals surface area contributed by atoms with Crippen molar-refractivity contribution < 1.29 is 9.18 Å². The second-order valence-electron chi connectivity index (χ2n) is 5.52. The van der Waals surface area contributed by atoms with Crippen LogP contribution in [0.1, 0.15) is 36.5 Å². The second-order valence-corrected chi connectivity index (χ2v) is 5.52. The number of hydrogen-bond donors (Lipinski definition) is 1. The Kier molecular flexibility index (Phi) is 3.34. The fraction of sp³-hybridized carbons (Fsp3) is 0.167. The number of carbonyl (C=O) groups excluding carboxylic acids is 1. The molecule has 1 N–H and O–H groups in total. The van der Waals surface area contributed by atoms with E-state index in [2.05, 4.69) is 31.3 Å². The zero-order valence-corrected chi connectivity index (χ0v) is 12.0. The van der Waals surface area contributed by atoms with Crippen LogP contribution in [-0.4, -0.2) is 5.91 Å². The van der Waals surface area contributed by atoms with Crippen molar-refractivity contribution in [2.45, 2.75) is 19.8 Å². The van der Waals surface area contributed by atoms with Crippen LogP contribution in [0.15, 0.2) is 42.5 Å². The lowest BCUT2D eigenvalue weighted by Gasteiger charge is -2.05. The number of anilines is 1. The summed E-state index contributed by atoms with van der Waals surface area (Å²) in [5.74, 6) is -0.0638. The predicted octanol–water partition coefficient (Wildman–Crippen LogP) is 4.44. The van der Waals surface area contributed by atoms with E-state index in [1.54, 1.807) is 12.1 Å². The molecule has 1 aliphatic heterocycles. The molecule has 1 aliphatic rings. The number of nitrogens with one attached hydrogen (secondary N) is 1. The fourth-order valence-electron chi connectivity index (χ4n) is 2.45. The number of halogens is 1. The van der Waals surface area contributed by atoms with Gasteiger partial charge in [0.15, 0.2) is 0 Å². The quantitative estimate of drug-likeness (QED) is 0.810. The summed E-state index contributed by atoms with van der Waals surface area (Å²) in [6.45, 7) is 4.27. The van der Waals surface area contributed by atoms with Crippen molar-refractivity contribution in [3.05, 3.63) is 65.0 Å². The third-order valence-electron chi connectivity index (χ3n) is 3.68. The molecule has 106 valence electrons. The average molecular weight is 281 g/mol. The van der Waals surface area contributed by atoms with E-state index >= 15 is 0 Å². The molecule has 1 amide bonds. The number of benzene rings is 2. The van der Waals surface area contributed by atoms with Gasteiger partial charge in [0, 0.05) is 16.8 Å². The van der Waals surface area contributed by atoms with E-state index in [0.29, 0.717) is 22.7 Å². The lowest BCUT2D eigenvalue weighted by atomic mass is 9.99. The third-order valence-corrected chi connectivity index (χ3v) is 3.68.